The van der Waals surface area contributed by atoms with Crippen LogP contribution in [0.25, 0.3) is 0 Å². The van der Waals surface area contributed by atoms with Crippen molar-refractivity contribution in [2.45, 2.75) is 39.5 Å². The highest BCUT2D eigenvalue weighted by Gasteiger charge is 1.91. The smallest absolute Gasteiger partial charge is 0.114 e. The van der Waals surface area contributed by atoms with Crippen LogP contribution in [0.2, 0.25) is 0 Å². The quantitative estimate of drug-likeness (QED) is 0.291. The first-order valence-corrected chi connectivity index (χ1v) is 5.10. The van der Waals surface area contributed by atoms with Gasteiger partial charge >= 0.3 is 0 Å². The van der Waals surface area contributed by atoms with Crippen LogP contribution < -0.4 is 0 Å². The average Bonchev–Trinajstić information content (AvgIpc) is 2.17. The van der Waals surface area contributed by atoms with E-state index in [9.17, 15) is 5.11 Å². The van der Waals surface area contributed by atoms with E-state index in [1.807, 2.05) is 19.9 Å². The molecule has 0 rings (SSSR count). The molecule has 0 aromatic heterocycles. The van der Waals surface area contributed by atoms with Gasteiger partial charge in [0, 0.05) is 12.5 Å². The minimum Gasteiger partial charge on any atom is -0.512 e. The topological polar surface area (TPSA) is 40.5 Å². The molecular weight excluding hydrogens is 176 g/mol. The predicted molar refractivity (Wildman–Crippen MR) is 60.4 cm³/mol. The number of aliphatic hydroxyl groups excluding tert-OH is 2. The monoisotopic (exact) mass is 196 g/mol. The summed E-state index contributed by atoms with van der Waals surface area (Å²) in [6, 6.07) is 0. The van der Waals surface area contributed by atoms with Crippen LogP contribution in [0.15, 0.2) is 35.8 Å². The summed E-state index contributed by atoms with van der Waals surface area (Å²) in [6.45, 7) is 3.83. The molecule has 0 fully saturated rings. The Morgan fingerprint density at radius 3 is 2.50 bits per heavy atom. The summed E-state index contributed by atoms with van der Waals surface area (Å²) in [5, 5.41) is 18.4. The van der Waals surface area contributed by atoms with Crippen LogP contribution in [0.3, 0.4) is 0 Å². The zero-order valence-corrected chi connectivity index (χ0v) is 9.03. The molecule has 0 radical (unpaired) electrons. The van der Waals surface area contributed by atoms with E-state index in [2.05, 4.69) is 6.08 Å². The number of hydrogen-bond acceptors (Lipinski definition) is 2. The molecule has 2 N–H and O–H groups in total. The third kappa shape index (κ3) is 7.47. The number of hydrogen-bond donors (Lipinski definition) is 2. The van der Waals surface area contributed by atoms with Crippen molar-refractivity contribution in [1.29, 1.82) is 0 Å². The van der Waals surface area contributed by atoms with Crippen molar-refractivity contribution >= 4 is 0 Å². The Balaban J connectivity index is 3.77. The van der Waals surface area contributed by atoms with Gasteiger partial charge < -0.3 is 10.2 Å². The summed E-state index contributed by atoms with van der Waals surface area (Å²) in [5.41, 5.74) is 0. The lowest BCUT2D eigenvalue weighted by Crippen LogP contribution is -1.81. The fourth-order valence-electron chi connectivity index (χ4n) is 0.984. The highest BCUT2D eigenvalue weighted by Crippen LogP contribution is 2.04. The van der Waals surface area contributed by atoms with Crippen molar-refractivity contribution in [3.8, 4) is 0 Å². The second-order valence-corrected chi connectivity index (χ2v) is 3.12. The molecule has 2 heteroatoms. The van der Waals surface area contributed by atoms with Gasteiger partial charge in [-0.1, -0.05) is 19.1 Å². The maximum Gasteiger partial charge on any atom is 0.114 e. The van der Waals surface area contributed by atoms with Crippen LogP contribution in [0, 0.1) is 0 Å². The molecule has 0 atom stereocenters. The van der Waals surface area contributed by atoms with Crippen LogP contribution >= 0.6 is 0 Å². The number of unbranched alkanes of at least 4 members (excludes halogenated alkanes) is 2. The Labute approximate surface area is 86.3 Å². The molecule has 0 aliphatic heterocycles. The molecule has 14 heavy (non-hydrogen) atoms. The molecule has 0 saturated heterocycles. The first kappa shape index (κ1) is 12.8. The third-order valence-corrected chi connectivity index (χ3v) is 1.84. The highest BCUT2D eigenvalue weighted by molar-refractivity contribution is 5.13. The van der Waals surface area contributed by atoms with E-state index < -0.39 is 0 Å². The van der Waals surface area contributed by atoms with Gasteiger partial charge in [0.25, 0.3) is 0 Å². The van der Waals surface area contributed by atoms with Gasteiger partial charge in [-0.05, 0) is 32.3 Å². The Morgan fingerprint density at radius 1 is 1.21 bits per heavy atom. The maximum absolute atomic E-state index is 9.31. The van der Waals surface area contributed by atoms with Crippen LogP contribution in [-0.2, 0) is 0 Å². The van der Waals surface area contributed by atoms with Gasteiger partial charge in [-0.25, -0.2) is 0 Å². The van der Waals surface area contributed by atoms with E-state index in [4.69, 9.17) is 5.11 Å². The Bertz CT molecular complexity index is 224. The number of aliphatic hydroxyl groups is 2. The second kappa shape index (κ2) is 8.42. The van der Waals surface area contributed by atoms with Gasteiger partial charge in [0.2, 0.25) is 0 Å². The van der Waals surface area contributed by atoms with Crippen LogP contribution in [-0.4, -0.2) is 10.2 Å². The molecule has 0 aliphatic rings. The van der Waals surface area contributed by atoms with E-state index in [-0.39, 0.29) is 11.5 Å². The maximum atomic E-state index is 9.31. The van der Waals surface area contributed by atoms with E-state index in [1.165, 1.54) is 6.08 Å². The molecule has 0 unspecified atom stereocenters. The Morgan fingerprint density at radius 2 is 1.93 bits per heavy atom. The summed E-state index contributed by atoms with van der Waals surface area (Å²) in [5.74, 6) is 0.372. The van der Waals surface area contributed by atoms with Gasteiger partial charge in [0.05, 0.1) is 5.76 Å². The van der Waals surface area contributed by atoms with Crippen molar-refractivity contribution in [2.24, 2.45) is 0 Å². The van der Waals surface area contributed by atoms with Crippen molar-refractivity contribution < 1.29 is 10.2 Å². The van der Waals surface area contributed by atoms with Gasteiger partial charge in [-0.15, -0.1) is 0 Å². The fourth-order valence-corrected chi connectivity index (χ4v) is 0.984. The third-order valence-electron chi connectivity index (χ3n) is 1.84. The van der Waals surface area contributed by atoms with Gasteiger partial charge in [0.1, 0.15) is 5.76 Å². The standard InChI is InChI=1S/C12H20O2/c1-3-5-6-7-8-9-12(14)10-11(13)4-2/h3,5,9-10,13-14H,4,6-8H2,1-2H3/b5-3+,11-10-,12-9-. The van der Waals surface area contributed by atoms with Crippen molar-refractivity contribution in [1.82, 2.24) is 0 Å². The van der Waals surface area contributed by atoms with Gasteiger partial charge in [0.15, 0.2) is 0 Å². The zero-order valence-electron chi connectivity index (χ0n) is 9.03. The average molecular weight is 196 g/mol. The van der Waals surface area contributed by atoms with E-state index >= 15 is 0 Å². The molecule has 0 aromatic carbocycles. The Kier molecular flexibility index (Phi) is 7.71. The normalized spacial score (nSPS) is 13.9. The molecule has 0 saturated carbocycles. The molecule has 0 amide bonds. The summed E-state index contributed by atoms with van der Waals surface area (Å²) < 4.78 is 0. The van der Waals surface area contributed by atoms with Crippen LogP contribution in [0.4, 0.5) is 0 Å². The molecule has 0 bridgehead atoms. The number of rotatable bonds is 6. The molecule has 0 spiro atoms. The van der Waals surface area contributed by atoms with Crippen molar-refractivity contribution in [3.63, 3.8) is 0 Å². The van der Waals surface area contributed by atoms with Crippen molar-refractivity contribution in [3.05, 3.63) is 35.8 Å². The summed E-state index contributed by atoms with van der Waals surface area (Å²) >= 11 is 0. The zero-order chi connectivity index (χ0) is 10.8. The van der Waals surface area contributed by atoms with E-state index in [0.29, 0.717) is 6.42 Å². The first-order valence-electron chi connectivity index (χ1n) is 5.10. The van der Waals surface area contributed by atoms with E-state index in [1.54, 1.807) is 6.08 Å². The fraction of sp³-hybridized carbons (Fsp3) is 0.500. The first-order chi connectivity index (χ1) is 6.70. The van der Waals surface area contributed by atoms with E-state index in [0.717, 1.165) is 19.3 Å². The largest absolute Gasteiger partial charge is 0.512 e. The lowest BCUT2D eigenvalue weighted by Gasteiger charge is -1.95. The predicted octanol–water partition coefficient (Wildman–Crippen LogP) is 4.03. The minimum absolute atomic E-state index is 0.157. The van der Waals surface area contributed by atoms with Crippen LogP contribution in [0.1, 0.15) is 39.5 Å². The summed E-state index contributed by atoms with van der Waals surface area (Å²) in [6.07, 6.45) is 10.7. The summed E-state index contributed by atoms with van der Waals surface area (Å²) in [7, 11) is 0. The second-order valence-electron chi connectivity index (χ2n) is 3.12. The SMILES string of the molecule is C/C=C/CCC/C=C(O)/C=C(\O)CC. The van der Waals surface area contributed by atoms with Crippen LogP contribution in [0.5, 0.6) is 0 Å². The molecule has 2 nitrogen and oxygen atoms in total. The van der Waals surface area contributed by atoms with Gasteiger partial charge in [-0.3, -0.25) is 0 Å². The van der Waals surface area contributed by atoms with Gasteiger partial charge in [-0.2, -0.15) is 0 Å². The Hall–Kier alpha value is -1.18. The summed E-state index contributed by atoms with van der Waals surface area (Å²) in [4.78, 5) is 0. The molecule has 0 aliphatic carbocycles. The molecule has 80 valence electrons. The lowest BCUT2D eigenvalue weighted by atomic mass is 10.2. The van der Waals surface area contributed by atoms with Crippen molar-refractivity contribution in [2.75, 3.05) is 0 Å². The molecule has 0 heterocycles. The molecule has 0 aromatic rings. The lowest BCUT2D eigenvalue weighted by molar-refractivity contribution is 0.378. The minimum atomic E-state index is 0.157. The highest BCUT2D eigenvalue weighted by atomic mass is 16.3. The molecular formula is C12H20O2. The number of allylic oxidation sites excluding steroid dienone is 5.